The van der Waals surface area contributed by atoms with Gasteiger partial charge in [-0.15, -0.1) is 0 Å². The fraction of sp³-hybridized carbons (Fsp3) is 0.889. The molecular formula is C9H17NO. The topological polar surface area (TPSA) is 21.6 Å². The first-order valence-electron chi connectivity index (χ1n) is 4.41. The molecule has 1 aliphatic carbocycles. The van der Waals surface area contributed by atoms with E-state index in [9.17, 15) is 0 Å². The van der Waals surface area contributed by atoms with Crippen molar-refractivity contribution in [2.24, 2.45) is 4.99 Å². The zero-order chi connectivity index (χ0) is 8.10. The number of nitrogens with zero attached hydrogens (tertiary/aromatic N) is 1. The first-order valence-corrected chi connectivity index (χ1v) is 4.41. The highest BCUT2D eigenvalue weighted by Gasteiger charge is 2.11. The van der Waals surface area contributed by atoms with Crippen molar-refractivity contribution >= 4 is 5.90 Å². The van der Waals surface area contributed by atoms with Crippen LogP contribution in [0.3, 0.4) is 0 Å². The largest absolute Gasteiger partial charge is 0.484 e. The molecule has 1 saturated carbocycles. The molecule has 0 saturated heterocycles. The molecule has 64 valence electrons. The first-order chi connectivity index (χ1) is 5.33. The van der Waals surface area contributed by atoms with Crippen LogP contribution in [0.4, 0.5) is 0 Å². The predicted octanol–water partition coefficient (Wildman–Crippen LogP) is 2.38. The Hall–Kier alpha value is -0.530. The Kier molecular flexibility index (Phi) is 3.40. The summed E-state index contributed by atoms with van der Waals surface area (Å²) in [5.74, 6) is 0.830. The number of methoxy groups -OCH3 is 1. The zero-order valence-corrected chi connectivity index (χ0v) is 7.47. The standard InChI is InChI=1S/C9H17NO/c1-8(11-2)10-9-6-4-3-5-7-9/h9H,3-7H2,1-2H3. The Labute approximate surface area is 68.7 Å². The molecule has 0 unspecified atom stereocenters. The molecule has 11 heavy (non-hydrogen) atoms. The minimum absolute atomic E-state index is 0.545. The van der Waals surface area contributed by atoms with Crippen LogP contribution in [0.2, 0.25) is 0 Å². The van der Waals surface area contributed by atoms with E-state index in [1.165, 1.54) is 32.1 Å². The Bertz CT molecular complexity index is 136. The molecule has 0 aromatic carbocycles. The summed E-state index contributed by atoms with van der Waals surface area (Å²) in [6.07, 6.45) is 6.57. The minimum atomic E-state index is 0.545. The molecule has 2 nitrogen and oxygen atoms in total. The van der Waals surface area contributed by atoms with Gasteiger partial charge in [0.25, 0.3) is 0 Å². The van der Waals surface area contributed by atoms with Gasteiger partial charge in [0.2, 0.25) is 0 Å². The number of hydrogen-bond donors (Lipinski definition) is 0. The third-order valence-corrected chi connectivity index (χ3v) is 2.23. The second-order valence-corrected chi connectivity index (χ2v) is 3.14. The number of hydrogen-bond acceptors (Lipinski definition) is 2. The van der Waals surface area contributed by atoms with Gasteiger partial charge >= 0.3 is 0 Å². The van der Waals surface area contributed by atoms with E-state index < -0.39 is 0 Å². The maximum absolute atomic E-state index is 5.00. The monoisotopic (exact) mass is 155 g/mol. The maximum atomic E-state index is 5.00. The second-order valence-electron chi connectivity index (χ2n) is 3.14. The lowest BCUT2D eigenvalue weighted by Crippen LogP contribution is -2.12. The smallest absolute Gasteiger partial charge is 0.179 e. The second kappa shape index (κ2) is 4.37. The highest BCUT2D eigenvalue weighted by atomic mass is 16.5. The van der Waals surface area contributed by atoms with Gasteiger partial charge < -0.3 is 4.74 Å². The molecule has 0 radical (unpaired) electrons. The van der Waals surface area contributed by atoms with Gasteiger partial charge in [0.1, 0.15) is 0 Å². The number of aliphatic imine (C=N–C) groups is 1. The van der Waals surface area contributed by atoms with Crippen LogP contribution in [0, 0.1) is 0 Å². The van der Waals surface area contributed by atoms with Crippen molar-refractivity contribution in [3.8, 4) is 0 Å². The summed E-state index contributed by atoms with van der Waals surface area (Å²) >= 11 is 0. The normalized spacial score (nSPS) is 21.8. The highest BCUT2D eigenvalue weighted by Crippen LogP contribution is 2.20. The van der Waals surface area contributed by atoms with Crippen molar-refractivity contribution < 1.29 is 4.74 Å². The van der Waals surface area contributed by atoms with Crippen molar-refractivity contribution in [3.05, 3.63) is 0 Å². The Morgan fingerprint density at radius 2 is 1.91 bits per heavy atom. The molecule has 0 atom stereocenters. The lowest BCUT2D eigenvalue weighted by Gasteiger charge is -2.17. The SMILES string of the molecule is COC(C)=NC1CCCCC1. The molecule has 1 aliphatic rings. The summed E-state index contributed by atoms with van der Waals surface area (Å²) in [5, 5.41) is 0. The molecular weight excluding hydrogens is 138 g/mol. The molecule has 0 aromatic heterocycles. The average molecular weight is 155 g/mol. The quantitative estimate of drug-likeness (QED) is 0.421. The third kappa shape index (κ3) is 2.91. The molecule has 1 rings (SSSR count). The molecule has 0 heterocycles. The van der Waals surface area contributed by atoms with E-state index in [4.69, 9.17) is 4.74 Å². The van der Waals surface area contributed by atoms with Crippen LogP contribution in [0.1, 0.15) is 39.0 Å². The van der Waals surface area contributed by atoms with Crippen LogP contribution in [0.5, 0.6) is 0 Å². The minimum Gasteiger partial charge on any atom is -0.484 e. The van der Waals surface area contributed by atoms with Crippen molar-refractivity contribution in [1.82, 2.24) is 0 Å². The van der Waals surface area contributed by atoms with Crippen LogP contribution in [0.15, 0.2) is 4.99 Å². The molecule has 0 bridgehead atoms. The highest BCUT2D eigenvalue weighted by molar-refractivity contribution is 5.73. The Morgan fingerprint density at radius 3 is 2.45 bits per heavy atom. The van der Waals surface area contributed by atoms with Gasteiger partial charge in [0, 0.05) is 6.92 Å². The van der Waals surface area contributed by atoms with Gasteiger partial charge in [0.05, 0.1) is 13.2 Å². The van der Waals surface area contributed by atoms with Crippen LogP contribution < -0.4 is 0 Å². The van der Waals surface area contributed by atoms with E-state index in [2.05, 4.69) is 4.99 Å². The van der Waals surface area contributed by atoms with Gasteiger partial charge in [-0.05, 0) is 12.8 Å². The fourth-order valence-corrected chi connectivity index (χ4v) is 1.52. The molecule has 0 spiro atoms. The van der Waals surface area contributed by atoms with E-state index in [-0.39, 0.29) is 0 Å². The lowest BCUT2D eigenvalue weighted by atomic mass is 9.96. The van der Waals surface area contributed by atoms with Gasteiger partial charge in [0.15, 0.2) is 5.90 Å². The molecule has 0 amide bonds. The summed E-state index contributed by atoms with van der Waals surface area (Å²) in [6, 6.07) is 0.545. The predicted molar refractivity (Wildman–Crippen MR) is 47.0 cm³/mol. The van der Waals surface area contributed by atoms with E-state index in [0.29, 0.717) is 6.04 Å². The van der Waals surface area contributed by atoms with Crippen LogP contribution in [-0.4, -0.2) is 19.0 Å². The van der Waals surface area contributed by atoms with Gasteiger partial charge in [-0.2, -0.15) is 0 Å². The van der Waals surface area contributed by atoms with Crippen molar-refractivity contribution in [2.45, 2.75) is 45.1 Å². The molecule has 0 aliphatic heterocycles. The summed E-state index contributed by atoms with van der Waals surface area (Å²) in [4.78, 5) is 4.45. The third-order valence-electron chi connectivity index (χ3n) is 2.23. The van der Waals surface area contributed by atoms with Gasteiger partial charge in [-0.1, -0.05) is 19.3 Å². The van der Waals surface area contributed by atoms with Crippen molar-refractivity contribution in [1.29, 1.82) is 0 Å². The van der Waals surface area contributed by atoms with Gasteiger partial charge in [-0.3, -0.25) is 4.99 Å². The average Bonchev–Trinajstić information content (AvgIpc) is 2.06. The number of ether oxygens (including phenoxy) is 1. The van der Waals surface area contributed by atoms with E-state index in [1.54, 1.807) is 7.11 Å². The first kappa shape index (κ1) is 8.57. The maximum Gasteiger partial charge on any atom is 0.179 e. The van der Waals surface area contributed by atoms with Crippen LogP contribution in [-0.2, 0) is 4.74 Å². The van der Waals surface area contributed by atoms with E-state index in [1.807, 2.05) is 6.92 Å². The summed E-state index contributed by atoms with van der Waals surface area (Å²) in [5.41, 5.74) is 0. The molecule has 1 fully saturated rings. The van der Waals surface area contributed by atoms with Crippen LogP contribution in [0.25, 0.3) is 0 Å². The molecule has 2 heteroatoms. The molecule has 0 N–H and O–H groups in total. The zero-order valence-electron chi connectivity index (χ0n) is 7.47. The summed E-state index contributed by atoms with van der Waals surface area (Å²) in [7, 11) is 1.68. The van der Waals surface area contributed by atoms with Crippen molar-refractivity contribution in [2.75, 3.05) is 7.11 Å². The molecule has 0 aromatic rings. The van der Waals surface area contributed by atoms with E-state index >= 15 is 0 Å². The lowest BCUT2D eigenvalue weighted by molar-refractivity contribution is 0.380. The summed E-state index contributed by atoms with van der Waals surface area (Å²) < 4.78 is 5.00. The Balaban J connectivity index is 2.34. The fourth-order valence-electron chi connectivity index (χ4n) is 1.52. The Morgan fingerprint density at radius 1 is 1.27 bits per heavy atom. The van der Waals surface area contributed by atoms with Crippen LogP contribution >= 0.6 is 0 Å². The summed E-state index contributed by atoms with van der Waals surface area (Å²) in [6.45, 7) is 1.93. The van der Waals surface area contributed by atoms with Crippen molar-refractivity contribution in [3.63, 3.8) is 0 Å². The number of rotatable bonds is 1. The van der Waals surface area contributed by atoms with E-state index in [0.717, 1.165) is 5.90 Å². The van der Waals surface area contributed by atoms with Gasteiger partial charge in [-0.25, -0.2) is 0 Å².